The molecule has 2 bridgehead atoms. The minimum Gasteiger partial charge on any atom is -0.385 e. The van der Waals surface area contributed by atoms with E-state index in [9.17, 15) is 14.9 Å². The number of amides is 1. The molecule has 1 amide bonds. The van der Waals surface area contributed by atoms with E-state index < -0.39 is 4.92 Å². The van der Waals surface area contributed by atoms with Crippen LogP contribution < -0.4 is 10.6 Å². The number of hydrogen-bond acceptors (Lipinski definition) is 5. The third kappa shape index (κ3) is 3.84. The molecule has 1 aromatic carbocycles. The number of hydrogen-bond donors (Lipinski definition) is 2. The van der Waals surface area contributed by atoms with E-state index in [1.807, 2.05) is 0 Å². The summed E-state index contributed by atoms with van der Waals surface area (Å²) in [6.07, 6.45) is 4.62. The van der Waals surface area contributed by atoms with Gasteiger partial charge in [-0.1, -0.05) is 0 Å². The average molecular weight is 332 g/mol. The zero-order chi connectivity index (χ0) is 16.9. The van der Waals surface area contributed by atoms with E-state index in [-0.39, 0.29) is 11.6 Å². The minimum atomic E-state index is -0.410. The van der Waals surface area contributed by atoms with Crippen LogP contribution in [0.4, 0.5) is 11.4 Å². The second-order valence-corrected chi connectivity index (χ2v) is 6.51. The van der Waals surface area contributed by atoms with Crippen molar-refractivity contribution in [2.45, 2.75) is 44.2 Å². The van der Waals surface area contributed by atoms with Crippen LogP contribution in [0.25, 0.3) is 0 Å². The average Bonchev–Trinajstić information content (AvgIpc) is 2.84. The van der Waals surface area contributed by atoms with Crippen LogP contribution in [0.15, 0.2) is 24.3 Å². The van der Waals surface area contributed by atoms with E-state index in [4.69, 9.17) is 0 Å². The lowest BCUT2D eigenvalue weighted by atomic mass is 10.1. The number of fused-ring (bicyclic) bond motifs is 2. The molecule has 1 aromatic rings. The molecule has 7 nitrogen and oxygen atoms in total. The Bertz CT molecular complexity index is 576. The molecule has 0 spiro atoms. The van der Waals surface area contributed by atoms with Gasteiger partial charge in [0.2, 0.25) is 5.91 Å². The van der Waals surface area contributed by atoms with E-state index in [1.165, 1.54) is 12.1 Å². The molecule has 0 aromatic heterocycles. The Morgan fingerprint density at radius 1 is 1.25 bits per heavy atom. The van der Waals surface area contributed by atoms with Gasteiger partial charge in [0.1, 0.15) is 0 Å². The van der Waals surface area contributed by atoms with Crippen LogP contribution >= 0.6 is 0 Å². The first-order valence-electron chi connectivity index (χ1n) is 8.65. The predicted octanol–water partition coefficient (Wildman–Crippen LogP) is 2.14. The van der Waals surface area contributed by atoms with Gasteiger partial charge in [-0.25, -0.2) is 0 Å². The van der Waals surface area contributed by atoms with Crippen LogP contribution in [-0.4, -0.2) is 47.4 Å². The largest absolute Gasteiger partial charge is 0.385 e. The molecule has 3 rings (SSSR count). The second kappa shape index (κ2) is 7.61. The van der Waals surface area contributed by atoms with Crippen LogP contribution in [0, 0.1) is 10.1 Å². The molecule has 2 N–H and O–H groups in total. The minimum absolute atomic E-state index is 0.0842. The lowest BCUT2D eigenvalue weighted by Gasteiger charge is -2.28. The molecule has 2 aliphatic heterocycles. The van der Waals surface area contributed by atoms with Crippen molar-refractivity contribution >= 4 is 17.3 Å². The summed E-state index contributed by atoms with van der Waals surface area (Å²) < 4.78 is 0. The topological polar surface area (TPSA) is 87.5 Å². The third-order valence-corrected chi connectivity index (χ3v) is 4.92. The van der Waals surface area contributed by atoms with Crippen molar-refractivity contribution in [3.63, 3.8) is 0 Å². The van der Waals surface area contributed by atoms with Crippen molar-refractivity contribution in [1.29, 1.82) is 0 Å². The maximum absolute atomic E-state index is 12.5. The Hall–Kier alpha value is -2.15. The van der Waals surface area contributed by atoms with Crippen molar-refractivity contribution in [1.82, 2.24) is 10.2 Å². The SMILES string of the molecule is O=C(CCCNc1ccc([N+](=O)[O-])cc1)N1C2CCNCC1CC2. The number of nitro benzene ring substituents is 1. The Morgan fingerprint density at radius 3 is 2.75 bits per heavy atom. The second-order valence-electron chi connectivity index (χ2n) is 6.51. The highest BCUT2D eigenvalue weighted by Crippen LogP contribution is 2.28. The van der Waals surface area contributed by atoms with Crippen molar-refractivity contribution in [3.05, 3.63) is 34.4 Å². The first kappa shape index (κ1) is 16.7. The molecule has 130 valence electrons. The summed E-state index contributed by atoms with van der Waals surface area (Å²) in [5.74, 6) is 0.261. The molecule has 0 aliphatic carbocycles. The molecule has 24 heavy (non-hydrogen) atoms. The maximum Gasteiger partial charge on any atom is 0.269 e. The van der Waals surface area contributed by atoms with E-state index in [0.717, 1.165) is 44.5 Å². The summed E-state index contributed by atoms with van der Waals surface area (Å²) in [6.45, 7) is 2.61. The summed E-state index contributed by atoms with van der Waals surface area (Å²) in [5, 5.41) is 17.2. The number of benzene rings is 1. The third-order valence-electron chi connectivity index (χ3n) is 4.92. The lowest BCUT2D eigenvalue weighted by Crippen LogP contribution is -2.42. The summed E-state index contributed by atoms with van der Waals surface area (Å²) in [5.41, 5.74) is 0.924. The van der Waals surface area contributed by atoms with Gasteiger partial charge in [0.05, 0.1) is 4.92 Å². The molecule has 2 unspecified atom stereocenters. The molecule has 2 atom stereocenters. The Kier molecular flexibility index (Phi) is 5.30. The van der Waals surface area contributed by atoms with Gasteiger partial charge in [-0.3, -0.25) is 14.9 Å². The number of rotatable bonds is 6. The Balaban J connectivity index is 1.43. The number of nitrogens with one attached hydrogen (secondary N) is 2. The molecule has 2 fully saturated rings. The fourth-order valence-corrected chi connectivity index (χ4v) is 3.69. The summed E-state index contributed by atoms with van der Waals surface area (Å²) in [7, 11) is 0. The smallest absolute Gasteiger partial charge is 0.269 e. The maximum atomic E-state index is 12.5. The summed E-state index contributed by atoms with van der Waals surface area (Å²) >= 11 is 0. The molecule has 7 heteroatoms. The van der Waals surface area contributed by atoms with E-state index in [2.05, 4.69) is 15.5 Å². The van der Waals surface area contributed by atoms with Crippen molar-refractivity contribution in [3.8, 4) is 0 Å². The Morgan fingerprint density at radius 2 is 2.00 bits per heavy atom. The standard InChI is InChI=1S/C17H24N4O3/c22-17(20-14-7-8-16(20)12-18-11-9-14)2-1-10-19-13-3-5-15(6-4-13)21(23)24/h3-6,14,16,18-19H,1-2,7-12H2. The van der Waals surface area contributed by atoms with Crippen molar-refractivity contribution in [2.75, 3.05) is 25.0 Å². The van der Waals surface area contributed by atoms with E-state index in [1.54, 1.807) is 12.1 Å². The van der Waals surface area contributed by atoms with Crippen LogP contribution in [0.3, 0.4) is 0 Å². The van der Waals surface area contributed by atoms with Crippen molar-refractivity contribution < 1.29 is 9.72 Å². The number of carbonyl (C=O) groups excluding carboxylic acids is 1. The first-order chi connectivity index (χ1) is 11.6. The van der Waals surface area contributed by atoms with Gasteiger partial charge < -0.3 is 15.5 Å². The van der Waals surface area contributed by atoms with Crippen LogP contribution in [0.2, 0.25) is 0 Å². The molecular weight excluding hydrogens is 308 g/mol. The number of nitrogens with zero attached hydrogens (tertiary/aromatic N) is 2. The molecule has 2 aliphatic rings. The normalized spacial score (nSPS) is 22.9. The Labute approximate surface area is 141 Å². The van der Waals surface area contributed by atoms with E-state index >= 15 is 0 Å². The zero-order valence-electron chi connectivity index (χ0n) is 13.7. The lowest BCUT2D eigenvalue weighted by molar-refractivity contribution is -0.384. The number of anilines is 1. The number of carbonyl (C=O) groups is 1. The summed E-state index contributed by atoms with van der Waals surface area (Å²) in [4.78, 5) is 24.9. The number of nitro groups is 1. The highest BCUT2D eigenvalue weighted by atomic mass is 16.6. The van der Waals surface area contributed by atoms with Crippen LogP contribution in [0.5, 0.6) is 0 Å². The van der Waals surface area contributed by atoms with Gasteiger partial charge in [0.15, 0.2) is 0 Å². The number of non-ortho nitro benzene ring substituents is 1. The monoisotopic (exact) mass is 332 g/mol. The van der Waals surface area contributed by atoms with Crippen LogP contribution in [0.1, 0.15) is 32.1 Å². The fourth-order valence-electron chi connectivity index (χ4n) is 3.69. The molecule has 2 saturated heterocycles. The molecule has 2 heterocycles. The quantitative estimate of drug-likeness (QED) is 0.473. The molecule has 0 saturated carbocycles. The highest BCUT2D eigenvalue weighted by molar-refractivity contribution is 5.77. The van der Waals surface area contributed by atoms with Gasteiger partial charge in [-0.15, -0.1) is 0 Å². The predicted molar refractivity (Wildman–Crippen MR) is 92.0 cm³/mol. The highest BCUT2D eigenvalue weighted by Gasteiger charge is 2.37. The van der Waals surface area contributed by atoms with Gasteiger partial charge in [-0.05, 0) is 44.4 Å². The van der Waals surface area contributed by atoms with Gasteiger partial charge >= 0.3 is 0 Å². The van der Waals surface area contributed by atoms with Gasteiger partial charge in [-0.2, -0.15) is 0 Å². The van der Waals surface area contributed by atoms with E-state index in [0.29, 0.717) is 25.0 Å². The van der Waals surface area contributed by atoms with Crippen molar-refractivity contribution in [2.24, 2.45) is 0 Å². The zero-order valence-corrected chi connectivity index (χ0v) is 13.7. The fraction of sp³-hybridized carbons (Fsp3) is 0.588. The first-order valence-corrected chi connectivity index (χ1v) is 8.65. The van der Waals surface area contributed by atoms with Crippen LogP contribution in [-0.2, 0) is 4.79 Å². The van der Waals surface area contributed by atoms with Gasteiger partial charge in [0.25, 0.3) is 5.69 Å². The molecule has 0 radical (unpaired) electrons. The van der Waals surface area contributed by atoms with Gasteiger partial charge in [0, 0.05) is 49.4 Å². The molecular formula is C17H24N4O3. The summed E-state index contributed by atoms with van der Waals surface area (Å²) in [6, 6.07) is 7.14.